The summed E-state index contributed by atoms with van der Waals surface area (Å²) in [6.07, 6.45) is -1.07. The molecule has 0 aliphatic heterocycles. The first-order chi connectivity index (χ1) is 12.1. The first kappa shape index (κ1) is 20.6. The molecule has 148 valence electrons. The molecule has 1 saturated carbocycles. The molecule has 0 spiro atoms. The maximum Gasteiger partial charge on any atom is 0.391 e. The van der Waals surface area contributed by atoms with E-state index in [0.717, 1.165) is 5.76 Å². The van der Waals surface area contributed by atoms with Gasteiger partial charge in [0.15, 0.2) is 5.96 Å². The average molecular weight is 374 g/mol. The summed E-state index contributed by atoms with van der Waals surface area (Å²) in [5.74, 6) is 0.723. The van der Waals surface area contributed by atoms with Crippen LogP contribution in [0.3, 0.4) is 0 Å². The highest BCUT2D eigenvalue weighted by Crippen LogP contribution is 2.37. The minimum Gasteiger partial charge on any atom is -0.443 e. The van der Waals surface area contributed by atoms with Crippen LogP contribution in [-0.4, -0.2) is 29.7 Å². The second kappa shape index (κ2) is 8.31. The van der Waals surface area contributed by atoms with E-state index >= 15 is 0 Å². The maximum atomic E-state index is 12.8. The molecule has 1 fully saturated rings. The number of guanidine groups is 1. The molecule has 1 aromatic heterocycles. The average Bonchev–Trinajstić information content (AvgIpc) is 3.02. The SMILES string of the molecule is CCNC(=NCc1ncc(C(C)(C)C)o1)NC1CCC(C(F)(F)F)CC1. The van der Waals surface area contributed by atoms with Crippen molar-refractivity contribution in [3.05, 3.63) is 17.8 Å². The Kier molecular flexibility index (Phi) is 6.58. The maximum absolute atomic E-state index is 12.8. The third kappa shape index (κ3) is 5.92. The van der Waals surface area contributed by atoms with Crippen LogP contribution in [0.25, 0.3) is 0 Å². The van der Waals surface area contributed by atoms with Gasteiger partial charge in [0.2, 0.25) is 5.89 Å². The number of hydrogen-bond acceptors (Lipinski definition) is 3. The number of nitrogens with zero attached hydrogens (tertiary/aromatic N) is 2. The molecule has 1 aromatic rings. The zero-order valence-corrected chi connectivity index (χ0v) is 15.9. The zero-order valence-electron chi connectivity index (χ0n) is 15.9. The van der Waals surface area contributed by atoms with E-state index in [-0.39, 0.29) is 30.8 Å². The highest BCUT2D eigenvalue weighted by molar-refractivity contribution is 5.80. The fraction of sp³-hybridized carbons (Fsp3) is 0.778. The smallest absolute Gasteiger partial charge is 0.391 e. The van der Waals surface area contributed by atoms with Gasteiger partial charge in [-0.15, -0.1) is 0 Å². The summed E-state index contributed by atoms with van der Waals surface area (Å²) >= 11 is 0. The van der Waals surface area contributed by atoms with Crippen molar-refractivity contribution in [1.29, 1.82) is 0 Å². The lowest BCUT2D eigenvalue weighted by molar-refractivity contribution is -0.182. The number of aliphatic imine (C=N–C) groups is 1. The molecule has 0 atom stereocenters. The fourth-order valence-corrected chi connectivity index (χ4v) is 2.96. The lowest BCUT2D eigenvalue weighted by atomic mass is 9.85. The summed E-state index contributed by atoms with van der Waals surface area (Å²) in [5, 5.41) is 6.36. The largest absolute Gasteiger partial charge is 0.443 e. The van der Waals surface area contributed by atoms with Crippen LogP contribution in [0.1, 0.15) is 65.0 Å². The standard InChI is InChI=1S/C18H29F3N4O/c1-5-22-16(24-11-15-23-10-14(26-15)17(2,3)4)25-13-8-6-12(7-9-13)18(19,20)21/h10,12-13H,5-9,11H2,1-4H3,(H2,22,24,25). The minimum absolute atomic E-state index is 0.00102. The van der Waals surface area contributed by atoms with Gasteiger partial charge in [0.25, 0.3) is 0 Å². The Bertz CT molecular complexity index is 596. The molecule has 1 aliphatic carbocycles. The molecule has 0 aromatic carbocycles. The number of alkyl halides is 3. The van der Waals surface area contributed by atoms with Crippen molar-refractivity contribution in [3.63, 3.8) is 0 Å². The van der Waals surface area contributed by atoms with E-state index in [1.54, 1.807) is 6.20 Å². The van der Waals surface area contributed by atoms with Gasteiger partial charge < -0.3 is 15.1 Å². The second-order valence-corrected chi connectivity index (χ2v) is 7.80. The number of oxazole rings is 1. The summed E-state index contributed by atoms with van der Waals surface area (Å²) < 4.78 is 44.0. The third-order valence-electron chi connectivity index (χ3n) is 4.54. The Morgan fingerprint density at radius 3 is 2.38 bits per heavy atom. The number of nitrogens with one attached hydrogen (secondary N) is 2. The summed E-state index contributed by atoms with van der Waals surface area (Å²) in [6, 6.07) is 0.00102. The van der Waals surface area contributed by atoms with Crippen molar-refractivity contribution in [2.45, 2.75) is 77.6 Å². The first-order valence-electron chi connectivity index (χ1n) is 9.16. The molecule has 0 unspecified atom stereocenters. The number of halogens is 3. The van der Waals surface area contributed by atoms with E-state index in [9.17, 15) is 13.2 Å². The van der Waals surface area contributed by atoms with Crippen LogP contribution in [0.15, 0.2) is 15.6 Å². The second-order valence-electron chi connectivity index (χ2n) is 7.80. The Labute approximate surface area is 152 Å². The summed E-state index contributed by atoms with van der Waals surface area (Å²) in [7, 11) is 0. The molecule has 0 bridgehead atoms. The molecule has 0 saturated heterocycles. The van der Waals surface area contributed by atoms with E-state index in [1.807, 2.05) is 27.7 Å². The van der Waals surface area contributed by atoms with Crippen LogP contribution in [0, 0.1) is 5.92 Å². The fourth-order valence-electron chi connectivity index (χ4n) is 2.96. The van der Waals surface area contributed by atoms with Gasteiger partial charge in [-0.3, -0.25) is 0 Å². The van der Waals surface area contributed by atoms with Gasteiger partial charge in [-0.2, -0.15) is 13.2 Å². The lowest BCUT2D eigenvalue weighted by Gasteiger charge is -2.31. The van der Waals surface area contributed by atoms with Crippen molar-refractivity contribution in [2.75, 3.05) is 6.54 Å². The number of aromatic nitrogens is 1. The van der Waals surface area contributed by atoms with Crippen LogP contribution in [0.5, 0.6) is 0 Å². The topological polar surface area (TPSA) is 62.5 Å². The Balaban J connectivity index is 1.92. The predicted octanol–water partition coefficient (Wildman–Crippen LogP) is 4.15. The molecule has 1 aliphatic rings. The summed E-state index contributed by atoms with van der Waals surface area (Å²) in [5.41, 5.74) is -0.116. The van der Waals surface area contributed by atoms with E-state index in [1.165, 1.54) is 0 Å². The van der Waals surface area contributed by atoms with Crippen molar-refractivity contribution < 1.29 is 17.6 Å². The van der Waals surface area contributed by atoms with Crippen LogP contribution < -0.4 is 10.6 Å². The quantitative estimate of drug-likeness (QED) is 0.614. The molecule has 1 heterocycles. The van der Waals surface area contributed by atoms with Gasteiger partial charge in [0.1, 0.15) is 12.3 Å². The number of hydrogen-bond donors (Lipinski definition) is 2. The monoisotopic (exact) mass is 374 g/mol. The van der Waals surface area contributed by atoms with Gasteiger partial charge in [0.05, 0.1) is 12.1 Å². The molecule has 26 heavy (non-hydrogen) atoms. The molecular weight excluding hydrogens is 345 g/mol. The van der Waals surface area contributed by atoms with Crippen LogP contribution >= 0.6 is 0 Å². The van der Waals surface area contributed by atoms with Crippen molar-refractivity contribution in [2.24, 2.45) is 10.9 Å². The minimum atomic E-state index is -4.08. The highest BCUT2D eigenvalue weighted by Gasteiger charge is 2.41. The molecule has 2 N–H and O–H groups in total. The van der Waals surface area contributed by atoms with Crippen LogP contribution in [0.4, 0.5) is 13.2 Å². The van der Waals surface area contributed by atoms with E-state index in [2.05, 4.69) is 20.6 Å². The highest BCUT2D eigenvalue weighted by atomic mass is 19.4. The molecule has 0 amide bonds. The van der Waals surface area contributed by atoms with Gasteiger partial charge in [-0.1, -0.05) is 20.8 Å². The van der Waals surface area contributed by atoms with Crippen LogP contribution in [-0.2, 0) is 12.0 Å². The molecule has 2 rings (SSSR count). The number of rotatable bonds is 4. The predicted molar refractivity (Wildman–Crippen MR) is 95.0 cm³/mol. The molecule has 8 heteroatoms. The van der Waals surface area contributed by atoms with Gasteiger partial charge in [-0.25, -0.2) is 9.98 Å². The Morgan fingerprint density at radius 1 is 1.23 bits per heavy atom. The van der Waals surface area contributed by atoms with Gasteiger partial charge in [0, 0.05) is 18.0 Å². The van der Waals surface area contributed by atoms with E-state index < -0.39 is 12.1 Å². The van der Waals surface area contributed by atoms with Gasteiger partial charge >= 0.3 is 6.18 Å². The molecule has 5 nitrogen and oxygen atoms in total. The third-order valence-corrected chi connectivity index (χ3v) is 4.54. The first-order valence-corrected chi connectivity index (χ1v) is 9.16. The van der Waals surface area contributed by atoms with Gasteiger partial charge in [-0.05, 0) is 32.6 Å². The van der Waals surface area contributed by atoms with Crippen molar-refractivity contribution in [1.82, 2.24) is 15.6 Å². The van der Waals surface area contributed by atoms with Crippen molar-refractivity contribution >= 4 is 5.96 Å². The normalized spacial score (nSPS) is 22.3. The van der Waals surface area contributed by atoms with Crippen molar-refractivity contribution in [3.8, 4) is 0 Å². The molecule has 0 radical (unpaired) electrons. The lowest BCUT2D eigenvalue weighted by Crippen LogP contribution is -2.45. The summed E-state index contributed by atoms with van der Waals surface area (Å²) in [4.78, 5) is 8.70. The van der Waals surface area contributed by atoms with E-state index in [0.29, 0.717) is 31.2 Å². The Morgan fingerprint density at radius 2 is 1.88 bits per heavy atom. The molecular formula is C18H29F3N4O. The zero-order chi connectivity index (χ0) is 19.4. The Hall–Kier alpha value is -1.73. The van der Waals surface area contributed by atoms with Crippen LogP contribution in [0.2, 0.25) is 0 Å². The van der Waals surface area contributed by atoms with E-state index in [4.69, 9.17) is 4.42 Å². The summed E-state index contributed by atoms with van der Waals surface area (Å²) in [6.45, 7) is 9.03.